The molecule has 0 unspecified atom stereocenters. The molecule has 1 N–H and O–H groups in total. The van der Waals surface area contributed by atoms with Gasteiger partial charge in [-0.2, -0.15) is 5.10 Å². The molecule has 0 aliphatic rings. The summed E-state index contributed by atoms with van der Waals surface area (Å²) in [4.78, 5) is 8.20. The van der Waals surface area contributed by atoms with Gasteiger partial charge in [-0.25, -0.2) is 0 Å². The number of aliphatic hydroxyl groups excluding tert-OH is 1. The maximum Gasteiger partial charge on any atom is 0.127 e. The Bertz CT molecular complexity index is 483. The van der Waals surface area contributed by atoms with E-state index in [9.17, 15) is 0 Å². The lowest BCUT2D eigenvalue weighted by Gasteiger charge is -1.99. The first-order valence-electron chi connectivity index (χ1n) is 4.84. The number of halogens is 1. The number of aliphatic hydroxyl groups is 1. The molecule has 0 aromatic carbocycles. The van der Waals surface area contributed by atoms with Gasteiger partial charge in [-0.1, -0.05) is 0 Å². The van der Waals surface area contributed by atoms with Gasteiger partial charge in [0.15, 0.2) is 0 Å². The molecule has 0 radical (unpaired) electrons. The van der Waals surface area contributed by atoms with Crippen LogP contribution in [0.3, 0.4) is 0 Å². The van der Waals surface area contributed by atoms with Gasteiger partial charge in [0, 0.05) is 12.4 Å². The van der Waals surface area contributed by atoms with Crippen molar-refractivity contribution in [2.75, 3.05) is 6.61 Å². The zero-order chi connectivity index (χ0) is 11.5. The fourth-order valence-corrected chi connectivity index (χ4v) is 1.91. The van der Waals surface area contributed by atoms with E-state index in [0.29, 0.717) is 12.2 Å². The van der Waals surface area contributed by atoms with Gasteiger partial charge in [0.1, 0.15) is 11.4 Å². The molecule has 0 atom stereocenters. The van der Waals surface area contributed by atoms with Crippen molar-refractivity contribution in [3.05, 3.63) is 28.8 Å². The second-order valence-corrected chi connectivity index (χ2v) is 4.08. The summed E-state index contributed by atoms with van der Waals surface area (Å²) in [5, 5.41) is 13.3. The molecule has 6 heteroatoms. The Morgan fingerprint density at radius 1 is 1.44 bits per heavy atom. The van der Waals surface area contributed by atoms with E-state index in [4.69, 9.17) is 5.11 Å². The molecule has 0 saturated heterocycles. The second-order valence-electron chi connectivity index (χ2n) is 3.29. The van der Waals surface area contributed by atoms with Crippen LogP contribution in [0.4, 0.5) is 0 Å². The van der Waals surface area contributed by atoms with Crippen LogP contribution < -0.4 is 0 Å². The molecular weight excluding hydrogens is 272 g/mol. The van der Waals surface area contributed by atoms with Crippen molar-refractivity contribution in [1.29, 1.82) is 0 Å². The monoisotopic (exact) mass is 282 g/mol. The zero-order valence-corrected chi connectivity index (χ0v) is 10.3. The maximum atomic E-state index is 8.91. The Hall–Kier alpha value is -1.27. The van der Waals surface area contributed by atoms with Crippen molar-refractivity contribution < 1.29 is 5.11 Å². The van der Waals surface area contributed by atoms with Crippen LogP contribution >= 0.6 is 15.9 Å². The highest BCUT2D eigenvalue weighted by molar-refractivity contribution is 9.10. The number of hydrogen-bond acceptors (Lipinski definition) is 4. The smallest absolute Gasteiger partial charge is 0.127 e. The van der Waals surface area contributed by atoms with Crippen LogP contribution in [0.1, 0.15) is 5.69 Å². The molecule has 84 valence electrons. The molecular formula is C10H11BrN4O. The Morgan fingerprint density at radius 2 is 2.25 bits per heavy atom. The van der Waals surface area contributed by atoms with Gasteiger partial charge >= 0.3 is 0 Å². The first kappa shape index (κ1) is 11.2. The molecule has 0 aliphatic heterocycles. The fourth-order valence-electron chi connectivity index (χ4n) is 1.42. The Morgan fingerprint density at radius 3 is 2.88 bits per heavy atom. The van der Waals surface area contributed by atoms with E-state index in [1.54, 1.807) is 23.3 Å². The Balaban J connectivity index is 2.46. The SMILES string of the molecule is Cc1c(Br)c(-c2cnccn2)nn1CCO. The van der Waals surface area contributed by atoms with Crippen molar-refractivity contribution in [1.82, 2.24) is 19.7 Å². The minimum atomic E-state index is 0.0644. The highest BCUT2D eigenvalue weighted by Crippen LogP contribution is 2.28. The summed E-state index contributed by atoms with van der Waals surface area (Å²) in [6.45, 7) is 2.48. The maximum absolute atomic E-state index is 8.91. The zero-order valence-electron chi connectivity index (χ0n) is 8.76. The van der Waals surface area contributed by atoms with Crippen molar-refractivity contribution >= 4 is 15.9 Å². The van der Waals surface area contributed by atoms with Gasteiger partial charge in [0.05, 0.1) is 29.5 Å². The molecule has 0 fully saturated rings. The summed E-state index contributed by atoms with van der Waals surface area (Å²) in [6.07, 6.45) is 4.91. The van der Waals surface area contributed by atoms with Crippen LogP contribution in [-0.2, 0) is 6.54 Å². The van der Waals surface area contributed by atoms with Gasteiger partial charge in [0.25, 0.3) is 0 Å². The first-order valence-corrected chi connectivity index (χ1v) is 5.63. The molecule has 2 heterocycles. The standard InChI is InChI=1S/C10H11BrN4O/c1-7-9(11)10(14-15(7)4-5-16)8-6-12-2-3-13-8/h2-3,6,16H,4-5H2,1H3. The van der Waals surface area contributed by atoms with Crippen molar-refractivity contribution in [2.24, 2.45) is 0 Å². The first-order chi connectivity index (χ1) is 7.74. The van der Waals surface area contributed by atoms with Gasteiger partial charge in [-0.15, -0.1) is 0 Å². The molecule has 0 spiro atoms. The van der Waals surface area contributed by atoms with E-state index in [1.807, 2.05) is 6.92 Å². The van der Waals surface area contributed by atoms with E-state index in [2.05, 4.69) is 31.0 Å². The van der Waals surface area contributed by atoms with Gasteiger partial charge in [0.2, 0.25) is 0 Å². The van der Waals surface area contributed by atoms with Crippen LogP contribution in [0.15, 0.2) is 23.1 Å². The van der Waals surface area contributed by atoms with Gasteiger partial charge < -0.3 is 5.11 Å². The summed E-state index contributed by atoms with van der Waals surface area (Å²) < 4.78 is 2.63. The van der Waals surface area contributed by atoms with E-state index in [1.165, 1.54) is 0 Å². The molecule has 0 saturated carbocycles. The topological polar surface area (TPSA) is 63.8 Å². The molecule has 0 bridgehead atoms. The third-order valence-corrected chi connectivity index (χ3v) is 3.20. The quantitative estimate of drug-likeness (QED) is 0.925. The van der Waals surface area contributed by atoms with Gasteiger partial charge in [-0.3, -0.25) is 14.6 Å². The number of rotatable bonds is 3. The van der Waals surface area contributed by atoms with E-state index in [0.717, 1.165) is 15.9 Å². The minimum absolute atomic E-state index is 0.0644. The van der Waals surface area contributed by atoms with Crippen LogP contribution in [0, 0.1) is 6.92 Å². The van der Waals surface area contributed by atoms with Crippen LogP contribution in [0.25, 0.3) is 11.4 Å². The summed E-state index contributed by atoms with van der Waals surface area (Å²) in [5.41, 5.74) is 2.43. The summed E-state index contributed by atoms with van der Waals surface area (Å²) >= 11 is 3.47. The lowest BCUT2D eigenvalue weighted by molar-refractivity contribution is 0.268. The molecule has 2 aromatic heterocycles. The Kier molecular flexibility index (Phi) is 3.31. The average Bonchev–Trinajstić information content (AvgIpc) is 2.59. The molecule has 2 rings (SSSR count). The Labute approximate surface area is 101 Å². The number of aromatic nitrogens is 4. The van der Waals surface area contributed by atoms with Crippen molar-refractivity contribution in [3.63, 3.8) is 0 Å². The molecule has 5 nitrogen and oxygen atoms in total. The van der Waals surface area contributed by atoms with E-state index < -0.39 is 0 Å². The highest BCUT2D eigenvalue weighted by atomic mass is 79.9. The molecule has 2 aromatic rings. The predicted molar refractivity (Wildman–Crippen MR) is 62.8 cm³/mol. The van der Waals surface area contributed by atoms with Crippen LogP contribution in [0.2, 0.25) is 0 Å². The van der Waals surface area contributed by atoms with Gasteiger partial charge in [-0.05, 0) is 22.9 Å². The average molecular weight is 283 g/mol. The van der Waals surface area contributed by atoms with Crippen LogP contribution in [-0.4, -0.2) is 31.5 Å². The summed E-state index contributed by atoms with van der Waals surface area (Å²) in [5.74, 6) is 0. The van der Waals surface area contributed by atoms with E-state index in [-0.39, 0.29) is 6.61 Å². The third-order valence-electron chi connectivity index (χ3n) is 2.25. The molecule has 0 aliphatic carbocycles. The van der Waals surface area contributed by atoms with Crippen molar-refractivity contribution in [3.8, 4) is 11.4 Å². The van der Waals surface area contributed by atoms with E-state index >= 15 is 0 Å². The summed E-state index contributed by atoms with van der Waals surface area (Å²) in [7, 11) is 0. The number of nitrogens with zero attached hydrogens (tertiary/aromatic N) is 4. The highest BCUT2D eigenvalue weighted by Gasteiger charge is 2.14. The second kappa shape index (κ2) is 4.71. The predicted octanol–water partition coefficient (Wildman–Crippen LogP) is 1.40. The lowest BCUT2D eigenvalue weighted by Crippen LogP contribution is -2.05. The lowest BCUT2D eigenvalue weighted by atomic mass is 10.3. The third kappa shape index (κ3) is 1.98. The normalized spacial score (nSPS) is 10.7. The molecule has 16 heavy (non-hydrogen) atoms. The largest absolute Gasteiger partial charge is 0.394 e. The summed E-state index contributed by atoms with van der Waals surface area (Å²) in [6, 6.07) is 0. The number of hydrogen-bond donors (Lipinski definition) is 1. The van der Waals surface area contributed by atoms with Crippen LogP contribution in [0.5, 0.6) is 0 Å². The minimum Gasteiger partial charge on any atom is -0.394 e. The molecule has 0 amide bonds. The fraction of sp³-hybridized carbons (Fsp3) is 0.300. The van der Waals surface area contributed by atoms with Crippen molar-refractivity contribution in [2.45, 2.75) is 13.5 Å².